The van der Waals surface area contributed by atoms with Gasteiger partial charge in [0.2, 0.25) is 0 Å². The van der Waals surface area contributed by atoms with Crippen molar-refractivity contribution in [2.24, 2.45) is 0 Å². The molecule has 19 heavy (non-hydrogen) atoms. The smallest absolute Gasteiger partial charge is 0.169 e. The average molecular weight is 387 g/mol. The zero-order chi connectivity index (χ0) is 13.8. The molecule has 0 radical (unpaired) electrons. The molecule has 0 aliphatic rings. The van der Waals surface area contributed by atoms with Crippen molar-refractivity contribution in [1.82, 2.24) is 5.32 Å². The molecular formula is C15H17Br2NO. The Bertz CT molecular complexity index is 551. The minimum atomic E-state index is 0.0954. The third kappa shape index (κ3) is 3.71. The Morgan fingerprint density at radius 2 is 2.00 bits per heavy atom. The lowest BCUT2D eigenvalue weighted by molar-refractivity contribution is 0.433. The molecule has 0 amide bonds. The molecule has 1 atom stereocenters. The summed E-state index contributed by atoms with van der Waals surface area (Å²) in [7, 11) is 0. The number of halogens is 2. The second-order valence-electron chi connectivity index (χ2n) is 4.54. The molecule has 1 aromatic carbocycles. The highest BCUT2D eigenvalue weighted by Crippen LogP contribution is 2.28. The largest absolute Gasteiger partial charge is 0.452 e. The molecule has 2 rings (SSSR count). The summed E-state index contributed by atoms with van der Waals surface area (Å²) in [6.45, 7) is 5.22. The van der Waals surface area contributed by atoms with Crippen LogP contribution in [0, 0.1) is 6.92 Å². The summed E-state index contributed by atoms with van der Waals surface area (Å²) in [5, 5.41) is 3.53. The Morgan fingerprint density at radius 3 is 2.58 bits per heavy atom. The normalized spacial score (nSPS) is 12.6. The zero-order valence-electron chi connectivity index (χ0n) is 11.0. The predicted octanol–water partition coefficient (Wildman–Crippen LogP) is 5.20. The van der Waals surface area contributed by atoms with E-state index in [1.807, 2.05) is 12.1 Å². The van der Waals surface area contributed by atoms with E-state index in [2.05, 4.69) is 69.2 Å². The summed E-state index contributed by atoms with van der Waals surface area (Å²) in [5.41, 5.74) is 2.45. The Balaban J connectivity index is 2.33. The van der Waals surface area contributed by atoms with Crippen molar-refractivity contribution < 1.29 is 4.42 Å². The lowest BCUT2D eigenvalue weighted by Gasteiger charge is -2.17. The Morgan fingerprint density at radius 1 is 1.21 bits per heavy atom. The number of benzene rings is 1. The van der Waals surface area contributed by atoms with Crippen molar-refractivity contribution in [2.75, 3.05) is 6.54 Å². The Kier molecular flexibility index (Phi) is 5.25. The molecule has 0 fully saturated rings. The molecule has 0 spiro atoms. The summed E-state index contributed by atoms with van der Waals surface area (Å²) in [4.78, 5) is 0. The molecule has 1 aromatic heterocycles. The van der Waals surface area contributed by atoms with Gasteiger partial charge in [-0.3, -0.25) is 0 Å². The molecule has 0 saturated carbocycles. The number of nitrogens with one attached hydrogen (secondary N) is 1. The number of hydrogen-bond donors (Lipinski definition) is 1. The van der Waals surface area contributed by atoms with Crippen molar-refractivity contribution >= 4 is 31.9 Å². The van der Waals surface area contributed by atoms with Crippen LogP contribution in [0.25, 0.3) is 0 Å². The highest BCUT2D eigenvalue weighted by Gasteiger charge is 2.17. The lowest BCUT2D eigenvalue weighted by atomic mass is 10.0. The summed E-state index contributed by atoms with van der Waals surface area (Å²) < 4.78 is 7.60. The molecule has 0 aliphatic carbocycles. The van der Waals surface area contributed by atoms with Gasteiger partial charge < -0.3 is 9.73 Å². The van der Waals surface area contributed by atoms with Crippen LogP contribution in [0.1, 0.15) is 36.3 Å². The van der Waals surface area contributed by atoms with Gasteiger partial charge in [-0.1, -0.05) is 35.0 Å². The third-order valence-corrected chi connectivity index (χ3v) is 4.31. The SMILES string of the molecule is CCCNC(c1ccc(Br)c(C)c1)c1ccc(Br)o1. The maximum Gasteiger partial charge on any atom is 0.169 e. The van der Waals surface area contributed by atoms with Crippen LogP contribution in [-0.2, 0) is 0 Å². The number of hydrogen-bond acceptors (Lipinski definition) is 2. The average Bonchev–Trinajstić information content (AvgIpc) is 2.80. The quantitative estimate of drug-likeness (QED) is 0.763. The minimum absolute atomic E-state index is 0.0954. The molecule has 2 nitrogen and oxygen atoms in total. The standard InChI is InChI=1S/C15H17Br2NO/c1-3-8-18-15(13-6-7-14(17)19-13)11-4-5-12(16)10(2)9-11/h4-7,9,15,18H,3,8H2,1-2H3. The fourth-order valence-electron chi connectivity index (χ4n) is 2.00. The fraction of sp³-hybridized carbons (Fsp3) is 0.333. The van der Waals surface area contributed by atoms with Crippen LogP contribution in [-0.4, -0.2) is 6.54 Å². The first-order valence-corrected chi connectivity index (χ1v) is 7.95. The second kappa shape index (κ2) is 6.73. The van der Waals surface area contributed by atoms with Crippen LogP contribution >= 0.6 is 31.9 Å². The van der Waals surface area contributed by atoms with E-state index >= 15 is 0 Å². The summed E-state index contributed by atoms with van der Waals surface area (Å²) in [5.74, 6) is 0.932. The number of furan rings is 1. The fourth-order valence-corrected chi connectivity index (χ4v) is 2.57. The van der Waals surface area contributed by atoms with Crippen molar-refractivity contribution in [2.45, 2.75) is 26.3 Å². The van der Waals surface area contributed by atoms with Gasteiger partial charge in [-0.05, 0) is 65.1 Å². The van der Waals surface area contributed by atoms with Crippen LogP contribution in [0.3, 0.4) is 0 Å². The highest BCUT2D eigenvalue weighted by atomic mass is 79.9. The Hall–Kier alpha value is -0.580. The van der Waals surface area contributed by atoms with Crippen LogP contribution in [0.2, 0.25) is 0 Å². The summed E-state index contributed by atoms with van der Waals surface area (Å²) in [6, 6.07) is 10.4. The maximum atomic E-state index is 5.71. The lowest BCUT2D eigenvalue weighted by Crippen LogP contribution is -2.22. The molecular weight excluding hydrogens is 370 g/mol. The van der Waals surface area contributed by atoms with Crippen molar-refractivity contribution in [3.05, 3.63) is 56.4 Å². The van der Waals surface area contributed by atoms with Crippen LogP contribution in [0.5, 0.6) is 0 Å². The third-order valence-electron chi connectivity index (χ3n) is 2.99. The van der Waals surface area contributed by atoms with Gasteiger partial charge in [0, 0.05) is 4.47 Å². The van der Waals surface area contributed by atoms with Gasteiger partial charge in [-0.25, -0.2) is 0 Å². The zero-order valence-corrected chi connectivity index (χ0v) is 14.2. The molecule has 1 N–H and O–H groups in total. The van der Waals surface area contributed by atoms with Crippen LogP contribution in [0.15, 0.2) is 43.9 Å². The molecule has 1 unspecified atom stereocenters. The van der Waals surface area contributed by atoms with Crippen LogP contribution in [0.4, 0.5) is 0 Å². The molecule has 102 valence electrons. The topological polar surface area (TPSA) is 25.2 Å². The Labute approximate surface area is 130 Å². The molecule has 2 aromatic rings. The van der Waals surface area contributed by atoms with E-state index in [4.69, 9.17) is 4.42 Å². The van der Waals surface area contributed by atoms with Gasteiger partial charge in [0.05, 0.1) is 6.04 Å². The van der Waals surface area contributed by atoms with Gasteiger partial charge in [-0.2, -0.15) is 0 Å². The van der Waals surface area contributed by atoms with Crippen LogP contribution < -0.4 is 5.32 Å². The first-order chi connectivity index (χ1) is 9.11. The van der Waals surface area contributed by atoms with E-state index in [1.54, 1.807) is 0 Å². The first-order valence-electron chi connectivity index (χ1n) is 6.36. The number of aryl methyl sites for hydroxylation is 1. The predicted molar refractivity (Wildman–Crippen MR) is 85.4 cm³/mol. The summed E-state index contributed by atoms with van der Waals surface area (Å²) in [6.07, 6.45) is 1.09. The molecule has 0 bridgehead atoms. The monoisotopic (exact) mass is 385 g/mol. The van der Waals surface area contributed by atoms with Gasteiger partial charge in [0.1, 0.15) is 5.76 Å². The molecule has 1 heterocycles. The second-order valence-corrected chi connectivity index (χ2v) is 6.17. The number of rotatable bonds is 5. The highest BCUT2D eigenvalue weighted by molar-refractivity contribution is 9.10. The van der Waals surface area contributed by atoms with Gasteiger partial charge in [0.15, 0.2) is 4.67 Å². The van der Waals surface area contributed by atoms with E-state index in [0.29, 0.717) is 0 Å². The van der Waals surface area contributed by atoms with Crippen molar-refractivity contribution in [3.8, 4) is 0 Å². The van der Waals surface area contributed by atoms with E-state index in [9.17, 15) is 0 Å². The van der Waals surface area contributed by atoms with E-state index in [-0.39, 0.29) is 6.04 Å². The van der Waals surface area contributed by atoms with E-state index in [1.165, 1.54) is 11.1 Å². The molecule has 4 heteroatoms. The van der Waals surface area contributed by atoms with Gasteiger partial charge in [-0.15, -0.1) is 0 Å². The van der Waals surface area contributed by atoms with Gasteiger partial charge >= 0.3 is 0 Å². The molecule has 0 aliphatic heterocycles. The first kappa shape index (κ1) is 14.8. The minimum Gasteiger partial charge on any atom is -0.452 e. The van der Waals surface area contributed by atoms with E-state index < -0.39 is 0 Å². The summed E-state index contributed by atoms with van der Waals surface area (Å²) >= 11 is 6.91. The van der Waals surface area contributed by atoms with E-state index in [0.717, 1.165) is 27.9 Å². The van der Waals surface area contributed by atoms with Crippen molar-refractivity contribution in [1.29, 1.82) is 0 Å². The molecule has 0 saturated heterocycles. The van der Waals surface area contributed by atoms with Gasteiger partial charge in [0.25, 0.3) is 0 Å². The van der Waals surface area contributed by atoms with Crippen molar-refractivity contribution in [3.63, 3.8) is 0 Å². The maximum absolute atomic E-state index is 5.71.